The van der Waals surface area contributed by atoms with E-state index in [0.29, 0.717) is 11.3 Å². The predicted octanol–water partition coefficient (Wildman–Crippen LogP) is 1.36. The zero-order valence-corrected chi connectivity index (χ0v) is 11.0. The Morgan fingerprint density at radius 3 is 2.25 bits per heavy atom. The Kier molecular flexibility index (Phi) is 4.02. The fourth-order valence-electron chi connectivity index (χ4n) is 2.29. The highest BCUT2D eigenvalue weighted by Gasteiger charge is 2.36. The lowest BCUT2D eigenvalue weighted by Crippen LogP contribution is -2.34. The van der Waals surface area contributed by atoms with Gasteiger partial charge in [0.25, 0.3) is 0 Å². The van der Waals surface area contributed by atoms with Crippen LogP contribution in [0.5, 0.6) is 5.75 Å². The number of amides is 2. The van der Waals surface area contributed by atoms with Crippen molar-refractivity contribution in [3.8, 4) is 5.75 Å². The molecule has 1 fully saturated rings. The third-order valence-electron chi connectivity index (χ3n) is 3.27. The Hall–Kier alpha value is -2.37. The van der Waals surface area contributed by atoms with Crippen LogP contribution in [0.4, 0.5) is 0 Å². The van der Waals surface area contributed by atoms with E-state index >= 15 is 0 Å². The molecule has 0 saturated carbocycles. The van der Waals surface area contributed by atoms with Gasteiger partial charge in [-0.05, 0) is 17.7 Å². The molecule has 6 nitrogen and oxygen atoms in total. The monoisotopic (exact) mass is 277 g/mol. The van der Waals surface area contributed by atoms with Gasteiger partial charge >= 0.3 is 5.97 Å². The number of rotatable bonds is 5. The molecular weight excluding hydrogens is 262 g/mol. The van der Waals surface area contributed by atoms with E-state index in [4.69, 9.17) is 9.84 Å². The van der Waals surface area contributed by atoms with Crippen molar-refractivity contribution >= 4 is 17.8 Å². The Balaban J connectivity index is 2.33. The summed E-state index contributed by atoms with van der Waals surface area (Å²) in [5.41, 5.74) is 0.608. The molecule has 1 atom stereocenters. The molecule has 2 amide bonds. The van der Waals surface area contributed by atoms with Gasteiger partial charge < -0.3 is 9.84 Å². The fourth-order valence-corrected chi connectivity index (χ4v) is 2.29. The summed E-state index contributed by atoms with van der Waals surface area (Å²) in [6.07, 6.45) is -0.0139. The maximum absolute atomic E-state index is 11.8. The highest BCUT2D eigenvalue weighted by atomic mass is 16.5. The van der Waals surface area contributed by atoms with Gasteiger partial charge in [-0.15, -0.1) is 0 Å². The van der Waals surface area contributed by atoms with Crippen LogP contribution in [0.3, 0.4) is 0 Å². The van der Waals surface area contributed by atoms with Crippen LogP contribution in [0.2, 0.25) is 0 Å². The quantitative estimate of drug-likeness (QED) is 0.821. The van der Waals surface area contributed by atoms with Gasteiger partial charge in [-0.1, -0.05) is 12.1 Å². The number of hydrogen-bond acceptors (Lipinski definition) is 4. The molecule has 0 unspecified atom stereocenters. The number of carbonyl (C=O) groups excluding carboxylic acids is 2. The third kappa shape index (κ3) is 2.79. The maximum Gasteiger partial charge on any atom is 0.305 e. The molecule has 1 aliphatic rings. The Bertz CT molecular complexity index is 521. The molecule has 0 aliphatic carbocycles. The Labute approximate surface area is 115 Å². The van der Waals surface area contributed by atoms with Crippen LogP contribution in [0.15, 0.2) is 24.3 Å². The molecule has 1 saturated heterocycles. The molecule has 0 bridgehead atoms. The number of carboxylic acids is 1. The number of hydrogen-bond donors (Lipinski definition) is 1. The number of ether oxygens (including phenoxy) is 1. The Morgan fingerprint density at radius 2 is 1.80 bits per heavy atom. The SMILES string of the molecule is COc1ccc([C@@H](CC(=O)O)N2C(=O)CCC2=O)cc1. The second-order valence-corrected chi connectivity index (χ2v) is 4.54. The summed E-state index contributed by atoms with van der Waals surface area (Å²) >= 11 is 0. The number of likely N-dealkylation sites (tertiary alicyclic amines) is 1. The van der Waals surface area contributed by atoms with Crippen molar-refractivity contribution in [2.45, 2.75) is 25.3 Å². The van der Waals surface area contributed by atoms with E-state index in [-0.39, 0.29) is 31.1 Å². The van der Waals surface area contributed by atoms with Crippen molar-refractivity contribution < 1.29 is 24.2 Å². The van der Waals surface area contributed by atoms with E-state index in [1.54, 1.807) is 24.3 Å². The molecule has 1 aromatic rings. The van der Waals surface area contributed by atoms with Crippen molar-refractivity contribution in [1.82, 2.24) is 4.90 Å². The van der Waals surface area contributed by atoms with Gasteiger partial charge in [0, 0.05) is 12.8 Å². The lowest BCUT2D eigenvalue weighted by Gasteiger charge is -2.25. The minimum atomic E-state index is -1.06. The molecule has 1 aromatic carbocycles. The Morgan fingerprint density at radius 1 is 1.25 bits per heavy atom. The van der Waals surface area contributed by atoms with Gasteiger partial charge in [0.05, 0.1) is 19.6 Å². The first-order valence-electron chi connectivity index (χ1n) is 6.23. The van der Waals surface area contributed by atoms with Crippen LogP contribution in [-0.2, 0) is 14.4 Å². The summed E-state index contributed by atoms with van der Waals surface area (Å²) in [4.78, 5) is 35.7. The zero-order chi connectivity index (χ0) is 14.7. The van der Waals surface area contributed by atoms with Crippen LogP contribution in [0.1, 0.15) is 30.9 Å². The first kappa shape index (κ1) is 14.0. The summed E-state index contributed by atoms with van der Waals surface area (Å²) in [5.74, 6) is -1.07. The molecule has 1 N–H and O–H groups in total. The van der Waals surface area contributed by atoms with Gasteiger partial charge in [-0.25, -0.2) is 0 Å². The summed E-state index contributed by atoms with van der Waals surface area (Å²) < 4.78 is 5.03. The highest BCUT2D eigenvalue weighted by Crippen LogP contribution is 2.30. The minimum Gasteiger partial charge on any atom is -0.497 e. The molecule has 2 rings (SSSR count). The van der Waals surface area contributed by atoms with Gasteiger partial charge in [0.15, 0.2) is 0 Å². The number of carbonyl (C=O) groups is 3. The largest absolute Gasteiger partial charge is 0.497 e. The lowest BCUT2D eigenvalue weighted by molar-refractivity contribution is -0.144. The van der Waals surface area contributed by atoms with Crippen LogP contribution in [-0.4, -0.2) is 34.9 Å². The summed E-state index contributed by atoms with van der Waals surface area (Å²) in [5, 5.41) is 9.00. The van der Waals surface area contributed by atoms with E-state index < -0.39 is 12.0 Å². The van der Waals surface area contributed by atoms with E-state index in [2.05, 4.69) is 0 Å². The third-order valence-corrected chi connectivity index (χ3v) is 3.27. The van der Waals surface area contributed by atoms with E-state index in [1.807, 2.05) is 0 Å². The number of nitrogens with zero attached hydrogens (tertiary/aromatic N) is 1. The van der Waals surface area contributed by atoms with Gasteiger partial charge in [-0.3, -0.25) is 19.3 Å². The van der Waals surface area contributed by atoms with Crippen molar-refractivity contribution in [3.63, 3.8) is 0 Å². The molecule has 6 heteroatoms. The molecule has 0 spiro atoms. The standard InChI is InChI=1S/C14H15NO5/c1-20-10-4-2-9(3-5-10)11(8-14(18)19)15-12(16)6-7-13(15)17/h2-5,11H,6-8H2,1H3,(H,18,19)/t11-/m1/s1. The normalized spacial score (nSPS) is 16.4. The second kappa shape index (κ2) is 5.73. The van der Waals surface area contributed by atoms with Gasteiger partial charge in [-0.2, -0.15) is 0 Å². The molecule has 20 heavy (non-hydrogen) atoms. The molecule has 0 radical (unpaired) electrons. The summed E-state index contributed by atoms with van der Waals surface area (Å²) in [6, 6.07) is 5.93. The molecule has 0 aromatic heterocycles. The average molecular weight is 277 g/mol. The summed E-state index contributed by atoms with van der Waals surface area (Å²) in [7, 11) is 1.53. The highest BCUT2D eigenvalue weighted by molar-refractivity contribution is 6.02. The minimum absolute atomic E-state index is 0.144. The van der Waals surface area contributed by atoms with Gasteiger partial charge in [0.2, 0.25) is 11.8 Å². The van der Waals surface area contributed by atoms with Crippen molar-refractivity contribution in [3.05, 3.63) is 29.8 Å². The number of carboxylic acid groups (broad SMARTS) is 1. The van der Waals surface area contributed by atoms with E-state index in [1.165, 1.54) is 7.11 Å². The first-order chi connectivity index (χ1) is 9.52. The van der Waals surface area contributed by atoms with Crippen molar-refractivity contribution in [1.29, 1.82) is 0 Å². The van der Waals surface area contributed by atoms with E-state index in [9.17, 15) is 14.4 Å². The predicted molar refractivity (Wildman–Crippen MR) is 69.1 cm³/mol. The van der Waals surface area contributed by atoms with Crippen molar-refractivity contribution in [2.75, 3.05) is 7.11 Å². The lowest BCUT2D eigenvalue weighted by atomic mass is 10.0. The van der Waals surface area contributed by atoms with Gasteiger partial charge in [0.1, 0.15) is 5.75 Å². The molecular formula is C14H15NO5. The maximum atomic E-state index is 11.8. The number of aliphatic carboxylic acids is 1. The molecule has 106 valence electrons. The van der Waals surface area contributed by atoms with E-state index in [0.717, 1.165) is 4.90 Å². The number of benzene rings is 1. The first-order valence-corrected chi connectivity index (χ1v) is 6.23. The van der Waals surface area contributed by atoms with Crippen LogP contribution < -0.4 is 4.74 Å². The summed E-state index contributed by atoms with van der Waals surface area (Å²) in [6.45, 7) is 0. The molecule has 1 aliphatic heterocycles. The zero-order valence-electron chi connectivity index (χ0n) is 11.0. The smallest absolute Gasteiger partial charge is 0.305 e. The number of imide groups is 1. The number of methoxy groups -OCH3 is 1. The second-order valence-electron chi connectivity index (χ2n) is 4.54. The topological polar surface area (TPSA) is 83.9 Å². The van der Waals surface area contributed by atoms with Crippen LogP contribution >= 0.6 is 0 Å². The molecule has 1 heterocycles. The van der Waals surface area contributed by atoms with Crippen LogP contribution in [0.25, 0.3) is 0 Å². The average Bonchev–Trinajstić information content (AvgIpc) is 2.76. The van der Waals surface area contributed by atoms with Crippen LogP contribution in [0, 0.1) is 0 Å². The van der Waals surface area contributed by atoms with Crippen molar-refractivity contribution in [2.24, 2.45) is 0 Å². The fraction of sp³-hybridized carbons (Fsp3) is 0.357.